The smallest absolute Gasteiger partial charge is 0.267 e. The minimum Gasteiger partial charge on any atom is -0.456 e. The fourth-order valence-corrected chi connectivity index (χ4v) is 3.28. The molecule has 3 rings (SSSR count). The largest absolute Gasteiger partial charge is 0.456 e. The summed E-state index contributed by atoms with van der Waals surface area (Å²) >= 11 is 0. The maximum Gasteiger partial charge on any atom is 0.267 e. The van der Waals surface area contributed by atoms with Gasteiger partial charge in [0.2, 0.25) is 0 Å². The van der Waals surface area contributed by atoms with Crippen LogP contribution in [0, 0.1) is 0 Å². The Bertz CT molecular complexity index is 792. The lowest BCUT2D eigenvalue weighted by molar-refractivity contribution is 0.109. The van der Waals surface area contributed by atoms with E-state index in [9.17, 15) is 13.2 Å². The number of benzene rings is 1. The molecule has 7 heteroatoms. The van der Waals surface area contributed by atoms with Crippen LogP contribution in [-0.2, 0) is 16.6 Å². The van der Waals surface area contributed by atoms with E-state index in [1.165, 1.54) is 18.5 Å². The third-order valence-corrected chi connectivity index (χ3v) is 4.63. The zero-order valence-electron chi connectivity index (χ0n) is 10.3. The Labute approximate surface area is 115 Å². The highest BCUT2D eigenvalue weighted by Gasteiger charge is 2.28. The van der Waals surface area contributed by atoms with Crippen molar-refractivity contribution < 1.29 is 17.6 Å². The summed E-state index contributed by atoms with van der Waals surface area (Å²) in [6.45, 7) is -0.00594. The fraction of sp³-hybridized carbons (Fsp3) is 0.0769. The molecule has 1 aliphatic rings. The van der Waals surface area contributed by atoms with Crippen LogP contribution in [0.25, 0.3) is 0 Å². The van der Waals surface area contributed by atoms with Crippen LogP contribution in [0.2, 0.25) is 0 Å². The maximum atomic E-state index is 12.4. The first-order chi connectivity index (χ1) is 9.61. The van der Waals surface area contributed by atoms with E-state index in [1.54, 1.807) is 24.3 Å². The van der Waals surface area contributed by atoms with Gasteiger partial charge in [-0.2, -0.15) is 0 Å². The first-order valence-electron chi connectivity index (χ1n) is 5.80. The second-order valence-electron chi connectivity index (χ2n) is 4.18. The first kappa shape index (κ1) is 12.6. The summed E-state index contributed by atoms with van der Waals surface area (Å²) < 4.78 is 31.1. The number of carbonyl (C=O) groups is 1. The normalized spacial score (nSPS) is 15.9. The Morgan fingerprint density at radius 2 is 2.00 bits per heavy atom. The Hall–Kier alpha value is -2.41. The van der Waals surface area contributed by atoms with Gasteiger partial charge in [-0.1, -0.05) is 12.1 Å². The summed E-state index contributed by atoms with van der Waals surface area (Å²) in [5.74, 6) is 0.535. The average molecular weight is 290 g/mol. The molecule has 0 spiro atoms. The number of carbonyl (C=O) groups excluding carboxylic acids is 1. The quantitative estimate of drug-likeness (QED) is 0.809. The lowest BCUT2D eigenvalue weighted by Crippen LogP contribution is -2.31. The molecule has 1 aliphatic heterocycles. The van der Waals surface area contributed by atoms with Gasteiger partial charge in [0.1, 0.15) is 17.0 Å². The highest BCUT2D eigenvalue weighted by Crippen LogP contribution is 2.30. The van der Waals surface area contributed by atoms with Crippen LogP contribution >= 0.6 is 0 Å². The summed E-state index contributed by atoms with van der Waals surface area (Å²) in [7, 11) is -3.64. The van der Waals surface area contributed by atoms with Gasteiger partial charge in [-0.25, -0.2) is 17.7 Å². The lowest BCUT2D eigenvalue weighted by Gasteiger charge is -2.22. The van der Waals surface area contributed by atoms with Gasteiger partial charge in [0, 0.05) is 0 Å². The minimum absolute atomic E-state index is 0.00594. The van der Waals surface area contributed by atoms with Crippen LogP contribution in [-0.4, -0.2) is 25.3 Å². The second-order valence-corrected chi connectivity index (χ2v) is 6.04. The summed E-state index contributed by atoms with van der Waals surface area (Å²) in [6.07, 6.45) is 1.82. The summed E-state index contributed by atoms with van der Waals surface area (Å²) in [5, 5.41) is 0. The monoisotopic (exact) mass is 290 g/mol. The molecule has 0 bridgehead atoms. The van der Waals surface area contributed by atoms with Crippen molar-refractivity contribution in [3.63, 3.8) is 0 Å². The highest BCUT2D eigenvalue weighted by molar-refractivity contribution is 7.89. The number of hydrogen-bond donors (Lipinski definition) is 0. The van der Waals surface area contributed by atoms with E-state index in [1.807, 2.05) is 0 Å². The summed E-state index contributed by atoms with van der Waals surface area (Å²) in [5.41, 5.74) is 0.414. The zero-order chi connectivity index (χ0) is 14.2. The predicted octanol–water partition coefficient (Wildman–Crippen LogP) is 1.96. The number of rotatable bonds is 3. The predicted molar refractivity (Wildman–Crippen MR) is 71.4 cm³/mol. The van der Waals surface area contributed by atoms with Crippen LogP contribution < -0.4 is 0 Å². The zero-order valence-corrected chi connectivity index (χ0v) is 11.1. The van der Waals surface area contributed by atoms with Gasteiger partial charge in [0.25, 0.3) is 10.0 Å². The topological polar surface area (TPSA) is 80.0 Å². The van der Waals surface area contributed by atoms with E-state index in [-0.39, 0.29) is 17.2 Å². The molecule has 0 N–H and O–H groups in total. The van der Waals surface area contributed by atoms with E-state index in [0.717, 1.165) is 4.31 Å². The van der Waals surface area contributed by atoms with Gasteiger partial charge in [-0.3, -0.25) is 4.79 Å². The second kappa shape index (κ2) is 4.61. The standard InChI is InChI=1S/C13H10N2O4S/c16-8-11-6-5-10(19-11)7-15-9-14-12-3-1-2-4-13(12)20(15,17)18/h1-6,8-9H,7H2. The van der Waals surface area contributed by atoms with Crippen LogP contribution in [0.15, 0.2) is 50.7 Å². The van der Waals surface area contributed by atoms with Gasteiger partial charge < -0.3 is 4.42 Å². The van der Waals surface area contributed by atoms with Gasteiger partial charge in [-0.05, 0) is 24.3 Å². The molecule has 0 aliphatic carbocycles. The molecule has 0 atom stereocenters. The molecule has 0 radical (unpaired) electrons. The molecule has 6 nitrogen and oxygen atoms in total. The molecule has 0 saturated carbocycles. The van der Waals surface area contributed by atoms with Crippen molar-refractivity contribution in [3.8, 4) is 0 Å². The summed E-state index contributed by atoms with van der Waals surface area (Å²) in [6, 6.07) is 9.57. The summed E-state index contributed by atoms with van der Waals surface area (Å²) in [4.78, 5) is 14.8. The van der Waals surface area contributed by atoms with E-state index in [4.69, 9.17) is 4.42 Å². The van der Waals surface area contributed by atoms with E-state index in [2.05, 4.69) is 4.99 Å². The van der Waals surface area contributed by atoms with Crippen molar-refractivity contribution in [2.45, 2.75) is 11.4 Å². The minimum atomic E-state index is -3.64. The molecule has 0 amide bonds. The SMILES string of the molecule is O=Cc1ccc(CN2C=Nc3ccccc3S2(=O)=O)o1. The molecule has 102 valence electrons. The van der Waals surface area contributed by atoms with Gasteiger partial charge in [0.15, 0.2) is 12.0 Å². The Morgan fingerprint density at radius 3 is 2.75 bits per heavy atom. The lowest BCUT2D eigenvalue weighted by atomic mass is 10.3. The molecule has 0 fully saturated rings. The van der Waals surface area contributed by atoms with Crippen LogP contribution in [0.3, 0.4) is 0 Å². The Balaban J connectivity index is 1.95. The first-order valence-corrected chi connectivity index (χ1v) is 7.24. The number of para-hydroxylation sites is 1. The number of furan rings is 1. The van der Waals surface area contributed by atoms with Crippen molar-refractivity contribution in [2.24, 2.45) is 4.99 Å². The molecular weight excluding hydrogens is 280 g/mol. The Morgan fingerprint density at radius 1 is 1.20 bits per heavy atom. The van der Waals surface area contributed by atoms with Crippen LogP contribution in [0.1, 0.15) is 16.3 Å². The molecule has 20 heavy (non-hydrogen) atoms. The molecule has 1 aromatic carbocycles. The molecule has 2 heterocycles. The van der Waals surface area contributed by atoms with Crippen molar-refractivity contribution in [2.75, 3.05) is 0 Å². The van der Waals surface area contributed by atoms with Crippen LogP contribution in [0.4, 0.5) is 5.69 Å². The van der Waals surface area contributed by atoms with Crippen molar-refractivity contribution in [1.82, 2.24) is 4.31 Å². The third-order valence-electron chi connectivity index (χ3n) is 2.89. The average Bonchev–Trinajstić information content (AvgIpc) is 2.90. The number of sulfonamides is 1. The highest BCUT2D eigenvalue weighted by atomic mass is 32.2. The number of nitrogens with zero attached hydrogens (tertiary/aromatic N) is 2. The van der Waals surface area contributed by atoms with Gasteiger partial charge >= 0.3 is 0 Å². The molecule has 0 unspecified atom stereocenters. The van der Waals surface area contributed by atoms with Crippen molar-refractivity contribution >= 4 is 28.3 Å². The van der Waals surface area contributed by atoms with E-state index >= 15 is 0 Å². The van der Waals surface area contributed by atoms with E-state index in [0.29, 0.717) is 17.7 Å². The molecule has 1 aromatic heterocycles. The van der Waals surface area contributed by atoms with Crippen molar-refractivity contribution in [1.29, 1.82) is 0 Å². The number of fused-ring (bicyclic) bond motifs is 1. The maximum absolute atomic E-state index is 12.4. The number of aliphatic imine (C=N–C) groups is 1. The van der Waals surface area contributed by atoms with Crippen molar-refractivity contribution in [3.05, 3.63) is 47.9 Å². The number of aldehydes is 1. The third kappa shape index (κ3) is 2.01. The van der Waals surface area contributed by atoms with Crippen LogP contribution in [0.5, 0.6) is 0 Å². The Kier molecular flexibility index (Phi) is 2.90. The van der Waals surface area contributed by atoms with E-state index < -0.39 is 10.0 Å². The number of hydrogen-bond acceptors (Lipinski definition) is 5. The van der Waals surface area contributed by atoms with Gasteiger partial charge in [-0.15, -0.1) is 0 Å². The molecule has 2 aromatic rings. The van der Waals surface area contributed by atoms with Gasteiger partial charge in [0.05, 0.1) is 12.2 Å². The fourth-order valence-electron chi connectivity index (χ4n) is 1.92. The molecule has 0 saturated heterocycles. The molecular formula is C13H10N2O4S.